The van der Waals surface area contributed by atoms with Gasteiger partial charge in [0.2, 0.25) is 0 Å². The van der Waals surface area contributed by atoms with Crippen LogP contribution in [0.5, 0.6) is 5.75 Å². The Kier molecular flexibility index (Phi) is 4.94. The molecular weight excluding hydrogens is 313 g/mol. The number of nitrogen functional groups attached to an aromatic ring is 1. The molecule has 0 unspecified atom stereocenters. The van der Waals surface area contributed by atoms with Crippen LogP contribution in [-0.4, -0.2) is 13.1 Å². The first kappa shape index (κ1) is 15.5. The van der Waals surface area contributed by atoms with Crippen LogP contribution in [-0.2, 0) is 11.3 Å². The Labute approximate surface area is 132 Å². The van der Waals surface area contributed by atoms with Gasteiger partial charge in [0.1, 0.15) is 17.9 Å². The minimum atomic E-state index is -0.493. The van der Waals surface area contributed by atoms with Crippen molar-refractivity contribution in [3.05, 3.63) is 57.6 Å². The predicted molar refractivity (Wildman–Crippen MR) is 83.0 cm³/mol. The van der Waals surface area contributed by atoms with Gasteiger partial charge in [-0.15, -0.1) is 0 Å². The van der Waals surface area contributed by atoms with Crippen LogP contribution >= 0.6 is 23.2 Å². The average molecular weight is 326 g/mol. The highest BCUT2D eigenvalue weighted by molar-refractivity contribution is 6.35. The van der Waals surface area contributed by atoms with Crippen LogP contribution in [0.15, 0.2) is 36.4 Å². The van der Waals surface area contributed by atoms with Crippen molar-refractivity contribution in [1.29, 1.82) is 0 Å². The summed E-state index contributed by atoms with van der Waals surface area (Å²) in [5.74, 6) is -0.153. The number of methoxy groups -OCH3 is 1. The molecule has 21 heavy (non-hydrogen) atoms. The van der Waals surface area contributed by atoms with Crippen molar-refractivity contribution in [3.63, 3.8) is 0 Å². The summed E-state index contributed by atoms with van der Waals surface area (Å²) in [5, 5.41) is 1.04. The van der Waals surface area contributed by atoms with Crippen LogP contribution in [0.3, 0.4) is 0 Å². The van der Waals surface area contributed by atoms with E-state index in [0.29, 0.717) is 27.0 Å². The lowest BCUT2D eigenvalue weighted by Crippen LogP contribution is -2.06. The maximum atomic E-state index is 11.7. The van der Waals surface area contributed by atoms with E-state index in [0.717, 1.165) is 5.56 Å². The number of ether oxygens (including phenoxy) is 2. The first-order valence-electron chi connectivity index (χ1n) is 6.06. The third kappa shape index (κ3) is 3.80. The van der Waals surface area contributed by atoms with Gasteiger partial charge in [-0.3, -0.25) is 0 Å². The van der Waals surface area contributed by atoms with E-state index in [4.69, 9.17) is 38.4 Å². The molecule has 0 spiro atoms. The molecule has 0 aliphatic carbocycles. The molecule has 4 nitrogen and oxygen atoms in total. The van der Waals surface area contributed by atoms with Crippen LogP contribution < -0.4 is 10.5 Å². The predicted octanol–water partition coefficient (Wildman–Crippen LogP) is 3.94. The zero-order chi connectivity index (χ0) is 15.4. The van der Waals surface area contributed by atoms with Gasteiger partial charge in [-0.25, -0.2) is 4.79 Å². The molecule has 0 saturated carbocycles. The Morgan fingerprint density at radius 1 is 1.19 bits per heavy atom. The molecule has 0 saturated heterocycles. The highest BCUT2D eigenvalue weighted by Crippen LogP contribution is 2.26. The van der Waals surface area contributed by atoms with Gasteiger partial charge < -0.3 is 15.2 Å². The summed E-state index contributed by atoms with van der Waals surface area (Å²) in [6.45, 7) is 0.184. The fourth-order valence-electron chi connectivity index (χ4n) is 1.73. The minimum Gasteiger partial charge on any atom is -0.488 e. The maximum Gasteiger partial charge on any atom is 0.341 e. The Balaban J connectivity index is 2.23. The summed E-state index contributed by atoms with van der Waals surface area (Å²) in [6, 6.07) is 9.83. The van der Waals surface area contributed by atoms with Crippen LogP contribution in [0.1, 0.15) is 15.9 Å². The van der Waals surface area contributed by atoms with E-state index >= 15 is 0 Å². The highest BCUT2D eigenvalue weighted by atomic mass is 35.5. The molecule has 0 radical (unpaired) electrons. The summed E-state index contributed by atoms with van der Waals surface area (Å²) in [7, 11) is 1.30. The monoisotopic (exact) mass is 325 g/mol. The fraction of sp³-hybridized carbons (Fsp3) is 0.133. The van der Waals surface area contributed by atoms with Crippen molar-refractivity contribution < 1.29 is 14.3 Å². The van der Waals surface area contributed by atoms with Crippen molar-refractivity contribution in [3.8, 4) is 5.75 Å². The van der Waals surface area contributed by atoms with Crippen molar-refractivity contribution in [2.75, 3.05) is 12.8 Å². The smallest absolute Gasteiger partial charge is 0.341 e. The van der Waals surface area contributed by atoms with E-state index in [9.17, 15) is 4.79 Å². The average Bonchev–Trinajstić information content (AvgIpc) is 2.45. The van der Waals surface area contributed by atoms with Gasteiger partial charge >= 0.3 is 5.97 Å². The number of carbonyl (C=O) groups excluding carboxylic acids is 1. The molecule has 2 rings (SSSR count). The van der Waals surface area contributed by atoms with E-state index in [-0.39, 0.29) is 6.61 Å². The second-order valence-corrected chi connectivity index (χ2v) is 5.12. The molecule has 2 N–H and O–H groups in total. The van der Waals surface area contributed by atoms with Gasteiger partial charge in [0, 0.05) is 27.4 Å². The second-order valence-electron chi connectivity index (χ2n) is 4.27. The molecule has 2 aromatic rings. The lowest BCUT2D eigenvalue weighted by molar-refractivity contribution is 0.0595. The van der Waals surface area contributed by atoms with E-state index < -0.39 is 5.97 Å². The topological polar surface area (TPSA) is 61.5 Å². The van der Waals surface area contributed by atoms with Crippen molar-refractivity contribution in [1.82, 2.24) is 0 Å². The quantitative estimate of drug-likeness (QED) is 0.683. The Morgan fingerprint density at radius 3 is 2.62 bits per heavy atom. The first-order chi connectivity index (χ1) is 10.0. The number of hydrogen-bond donors (Lipinski definition) is 1. The number of carbonyl (C=O) groups is 1. The molecular formula is C15H13Cl2NO3. The first-order valence-corrected chi connectivity index (χ1v) is 6.81. The standard InChI is InChI=1S/C15H13Cl2NO3/c1-20-15(19)12-5-4-11(18)7-14(12)21-8-9-2-3-10(16)6-13(9)17/h2-7H,8,18H2,1H3. The molecule has 2 aromatic carbocycles. The number of halogens is 2. The number of hydrogen-bond acceptors (Lipinski definition) is 4. The second kappa shape index (κ2) is 6.70. The Morgan fingerprint density at radius 2 is 1.95 bits per heavy atom. The zero-order valence-electron chi connectivity index (χ0n) is 11.2. The van der Waals surface area contributed by atoms with E-state index in [1.807, 2.05) is 0 Å². The van der Waals surface area contributed by atoms with Gasteiger partial charge in [-0.05, 0) is 24.3 Å². The van der Waals surface area contributed by atoms with E-state index in [1.165, 1.54) is 7.11 Å². The van der Waals surface area contributed by atoms with Crippen LogP contribution in [0.25, 0.3) is 0 Å². The summed E-state index contributed by atoms with van der Waals surface area (Å²) in [5.41, 5.74) is 7.25. The number of anilines is 1. The molecule has 0 heterocycles. The Hall–Kier alpha value is -1.91. The summed E-state index contributed by atoms with van der Waals surface area (Å²) in [4.78, 5) is 11.7. The van der Waals surface area contributed by atoms with Gasteiger partial charge in [-0.1, -0.05) is 29.3 Å². The summed E-state index contributed by atoms with van der Waals surface area (Å²) < 4.78 is 10.3. The Bertz CT molecular complexity index is 674. The van der Waals surface area contributed by atoms with E-state index in [1.54, 1.807) is 36.4 Å². The van der Waals surface area contributed by atoms with Crippen molar-refractivity contribution in [2.45, 2.75) is 6.61 Å². The molecule has 0 bridgehead atoms. The molecule has 0 fully saturated rings. The third-order valence-corrected chi connectivity index (χ3v) is 3.40. The van der Waals surface area contributed by atoms with Crippen LogP contribution in [0.4, 0.5) is 5.69 Å². The largest absolute Gasteiger partial charge is 0.488 e. The number of nitrogens with two attached hydrogens (primary N) is 1. The van der Waals surface area contributed by atoms with Crippen LogP contribution in [0, 0.1) is 0 Å². The molecule has 0 aliphatic heterocycles. The summed E-state index contributed by atoms with van der Waals surface area (Å²) >= 11 is 11.9. The summed E-state index contributed by atoms with van der Waals surface area (Å²) in [6.07, 6.45) is 0. The van der Waals surface area contributed by atoms with Gasteiger partial charge in [-0.2, -0.15) is 0 Å². The molecule has 0 aromatic heterocycles. The number of esters is 1. The molecule has 0 amide bonds. The lowest BCUT2D eigenvalue weighted by Gasteiger charge is -2.12. The molecule has 6 heteroatoms. The van der Waals surface area contributed by atoms with Crippen molar-refractivity contribution in [2.24, 2.45) is 0 Å². The molecule has 0 aliphatic rings. The van der Waals surface area contributed by atoms with Gasteiger partial charge in [0.15, 0.2) is 0 Å². The SMILES string of the molecule is COC(=O)c1ccc(N)cc1OCc1ccc(Cl)cc1Cl. The zero-order valence-corrected chi connectivity index (χ0v) is 12.7. The lowest BCUT2D eigenvalue weighted by atomic mass is 10.2. The maximum absolute atomic E-state index is 11.7. The highest BCUT2D eigenvalue weighted by Gasteiger charge is 2.14. The number of rotatable bonds is 4. The van der Waals surface area contributed by atoms with E-state index in [2.05, 4.69) is 0 Å². The third-order valence-electron chi connectivity index (χ3n) is 2.81. The minimum absolute atomic E-state index is 0.184. The number of benzene rings is 2. The van der Waals surface area contributed by atoms with Gasteiger partial charge in [0.05, 0.1) is 7.11 Å². The van der Waals surface area contributed by atoms with Crippen LogP contribution in [0.2, 0.25) is 10.0 Å². The normalized spacial score (nSPS) is 10.2. The fourth-order valence-corrected chi connectivity index (χ4v) is 2.19. The van der Waals surface area contributed by atoms with Gasteiger partial charge in [0.25, 0.3) is 0 Å². The molecule has 0 atom stereocenters. The molecule has 110 valence electrons. The van der Waals surface area contributed by atoms with Crippen molar-refractivity contribution >= 4 is 34.9 Å².